The van der Waals surface area contributed by atoms with Gasteiger partial charge in [-0.25, -0.2) is 4.98 Å². The monoisotopic (exact) mass is 362 g/mol. The van der Waals surface area contributed by atoms with Crippen molar-refractivity contribution in [1.29, 1.82) is 0 Å². The molecular formula is C22H26N4O. The molecule has 140 valence electrons. The van der Waals surface area contributed by atoms with Crippen molar-refractivity contribution in [3.63, 3.8) is 0 Å². The average molecular weight is 362 g/mol. The van der Waals surface area contributed by atoms with Gasteiger partial charge in [-0.15, -0.1) is 0 Å². The van der Waals surface area contributed by atoms with Gasteiger partial charge < -0.3 is 15.0 Å². The maximum atomic E-state index is 5.44. The molecule has 1 N–H and O–H groups in total. The summed E-state index contributed by atoms with van der Waals surface area (Å²) in [6.45, 7) is 6.59. The molecule has 0 saturated heterocycles. The molecule has 0 spiro atoms. The van der Waals surface area contributed by atoms with Crippen LogP contribution in [0.2, 0.25) is 0 Å². The summed E-state index contributed by atoms with van der Waals surface area (Å²) in [7, 11) is 1.69. The van der Waals surface area contributed by atoms with Crippen molar-refractivity contribution < 1.29 is 4.74 Å². The number of ether oxygens (including phenoxy) is 1. The quantitative estimate of drug-likeness (QED) is 0.634. The molecule has 2 aromatic carbocycles. The summed E-state index contributed by atoms with van der Waals surface area (Å²) < 4.78 is 5.44. The second-order valence-corrected chi connectivity index (χ2v) is 6.14. The van der Waals surface area contributed by atoms with E-state index in [1.54, 1.807) is 7.11 Å². The van der Waals surface area contributed by atoms with Gasteiger partial charge in [-0.05, 0) is 19.9 Å². The van der Waals surface area contributed by atoms with E-state index in [9.17, 15) is 0 Å². The number of aromatic nitrogens is 2. The van der Waals surface area contributed by atoms with Crippen molar-refractivity contribution in [2.45, 2.75) is 20.4 Å². The predicted octanol–water partition coefficient (Wildman–Crippen LogP) is 4.61. The normalized spacial score (nSPS) is 10.5. The van der Waals surface area contributed by atoms with Crippen molar-refractivity contribution in [2.75, 3.05) is 30.4 Å². The predicted molar refractivity (Wildman–Crippen MR) is 111 cm³/mol. The zero-order valence-corrected chi connectivity index (χ0v) is 16.1. The Hall–Kier alpha value is -3.08. The van der Waals surface area contributed by atoms with Gasteiger partial charge in [-0.1, -0.05) is 48.5 Å². The summed E-state index contributed by atoms with van der Waals surface area (Å²) in [5.41, 5.74) is 3.08. The lowest BCUT2D eigenvalue weighted by atomic mass is 10.1. The van der Waals surface area contributed by atoms with Gasteiger partial charge in [0.2, 0.25) is 5.95 Å². The van der Waals surface area contributed by atoms with E-state index in [0.717, 1.165) is 47.4 Å². The molecule has 3 rings (SSSR count). The van der Waals surface area contributed by atoms with Gasteiger partial charge >= 0.3 is 0 Å². The van der Waals surface area contributed by atoms with Gasteiger partial charge in [0.05, 0.1) is 12.8 Å². The number of para-hydroxylation sites is 1. The van der Waals surface area contributed by atoms with E-state index in [1.165, 1.54) is 0 Å². The zero-order valence-electron chi connectivity index (χ0n) is 16.1. The summed E-state index contributed by atoms with van der Waals surface area (Å²) in [4.78, 5) is 11.7. The van der Waals surface area contributed by atoms with E-state index >= 15 is 0 Å². The van der Waals surface area contributed by atoms with Gasteiger partial charge in [0, 0.05) is 36.8 Å². The third-order valence-corrected chi connectivity index (χ3v) is 4.48. The fraction of sp³-hybridized carbons (Fsp3) is 0.273. The second-order valence-electron chi connectivity index (χ2n) is 6.14. The van der Waals surface area contributed by atoms with E-state index in [0.29, 0.717) is 6.54 Å². The number of hydrogen-bond donors (Lipinski definition) is 1. The zero-order chi connectivity index (χ0) is 19.1. The van der Waals surface area contributed by atoms with Crippen molar-refractivity contribution in [2.24, 2.45) is 0 Å². The summed E-state index contributed by atoms with van der Waals surface area (Å²) in [5, 5.41) is 3.43. The molecule has 0 amide bonds. The standard InChI is InChI=1S/C22H26N4O/c1-4-26(5-2)22-24-19(17-11-7-6-8-12-17)15-21(25-22)23-16-18-13-9-10-14-20(18)27-3/h6-15H,4-5,16H2,1-3H3,(H,23,24,25). The molecule has 3 aromatic rings. The molecule has 5 nitrogen and oxygen atoms in total. The Morgan fingerprint density at radius 2 is 1.63 bits per heavy atom. The molecule has 0 unspecified atom stereocenters. The molecule has 1 heterocycles. The maximum absolute atomic E-state index is 5.44. The molecule has 0 aliphatic carbocycles. The van der Waals surface area contributed by atoms with Crippen LogP contribution in [-0.4, -0.2) is 30.2 Å². The molecule has 5 heteroatoms. The van der Waals surface area contributed by atoms with Crippen LogP contribution in [0.25, 0.3) is 11.3 Å². The largest absolute Gasteiger partial charge is 0.496 e. The SMILES string of the molecule is CCN(CC)c1nc(NCc2ccccc2OC)cc(-c2ccccc2)n1. The molecule has 27 heavy (non-hydrogen) atoms. The minimum atomic E-state index is 0.632. The highest BCUT2D eigenvalue weighted by molar-refractivity contribution is 5.64. The van der Waals surface area contributed by atoms with E-state index in [2.05, 4.69) is 42.3 Å². The van der Waals surface area contributed by atoms with Crippen molar-refractivity contribution in [1.82, 2.24) is 9.97 Å². The number of hydrogen-bond acceptors (Lipinski definition) is 5. The Balaban J connectivity index is 1.92. The minimum absolute atomic E-state index is 0.632. The lowest BCUT2D eigenvalue weighted by Crippen LogP contribution is -2.24. The number of methoxy groups -OCH3 is 1. The number of rotatable bonds is 8. The van der Waals surface area contributed by atoms with Crippen molar-refractivity contribution in [3.05, 3.63) is 66.2 Å². The highest BCUT2D eigenvalue weighted by Crippen LogP contribution is 2.24. The van der Waals surface area contributed by atoms with Crippen LogP contribution in [0.4, 0.5) is 11.8 Å². The van der Waals surface area contributed by atoms with E-state index in [4.69, 9.17) is 14.7 Å². The summed E-state index contributed by atoms with van der Waals surface area (Å²) >= 11 is 0. The van der Waals surface area contributed by atoms with E-state index in [1.807, 2.05) is 42.5 Å². The number of nitrogens with one attached hydrogen (secondary N) is 1. The van der Waals surface area contributed by atoms with Crippen LogP contribution in [0.3, 0.4) is 0 Å². The summed E-state index contributed by atoms with van der Waals surface area (Å²) in [6, 6.07) is 20.2. The Kier molecular flexibility index (Phi) is 6.26. The highest BCUT2D eigenvalue weighted by atomic mass is 16.5. The van der Waals surface area contributed by atoms with Gasteiger partial charge in [-0.3, -0.25) is 0 Å². The first kappa shape index (κ1) is 18.7. The molecular weight excluding hydrogens is 336 g/mol. The fourth-order valence-electron chi connectivity index (χ4n) is 2.96. The Morgan fingerprint density at radius 3 is 2.33 bits per heavy atom. The Bertz CT molecular complexity index is 863. The lowest BCUT2D eigenvalue weighted by Gasteiger charge is -2.20. The third-order valence-electron chi connectivity index (χ3n) is 4.48. The average Bonchev–Trinajstić information content (AvgIpc) is 2.74. The van der Waals surface area contributed by atoms with Crippen LogP contribution >= 0.6 is 0 Å². The molecule has 0 radical (unpaired) electrons. The first-order valence-corrected chi connectivity index (χ1v) is 9.30. The number of anilines is 2. The first-order valence-electron chi connectivity index (χ1n) is 9.30. The van der Waals surface area contributed by atoms with Crippen LogP contribution in [0.15, 0.2) is 60.7 Å². The first-order chi connectivity index (χ1) is 13.2. The van der Waals surface area contributed by atoms with Crippen molar-refractivity contribution in [3.8, 4) is 17.0 Å². The lowest BCUT2D eigenvalue weighted by molar-refractivity contribution is 0.410. The van der Waals surface area contributed by atoms with Gasteiger partial charge in [-0.2, -0.15) is 4.98 Å². The summed E-state index contributed by atoms with van der Waals surface area (Å²) in [6.07, 6.45) is 0. The molecule has 0 aliphatic heterocycles. The third kappa shape index (κ3) is 4.56. The smallest absolute Gasteiger partial charge is 0.227 e. The van der Waals surface area contributed by atoms with Gasteiger partial charge in [0.1, 0.15) is 11.6 Å². The Morgan fingerprint density at radius 1 is 0.926 bits per heavy atom. The van der Waals surface area contributed by atoms with Crippen LogP contribution in [0.5, 0.6) is 5.75 Å². The van der Waals surface area contributed by atoms with E-state index < -0.39 is 0 Å². The molecule has 0 bridgehead atoms. The molecule has 0 aliphatic rings. The number of nitrogens with zero attached hydrogens (tertiary/aromatic N) is 3. The minimum Gasteiger partial charge on any atom is -0.496 e. The van der Waals surface area contributed by atoms with Crippen LogP contribution < -0.4 is 15.0 Å². The van der Waals surface area contributed by atoms with Crippen LogP contribution in [0.1, 0.15) is 19.4 Å². The topological polar surface area (TPSA) is 50.3 Å². The van der Waals surface area contributed by atoms with E-state index in [-0.39, 0.29) is 0 Å². The van der Waals surface area contributed by atoms with Crippen molar-refractivity contribution >= 4 is 11.8 Å². The van der Waals surface area contributed by atoms with Gasteiger partial charge in [0.25, 0.3) is 0 Å². The second kappa shape index (κ2) is 9.03. The highest BCUT2D eigenvalue weighted by Gasteiger charge is 2.11. The maximum Gasteiger partial charge on any atom is 0.227 e. The van der Waals surface area contributed by atoms with Crippen LogP contribution in [-0.2, 0) is 6.54 Å². The molecule has 1 aromatic heterocycles. The fourth-order valence-corrected chi connectivity index (χ4v) is 2.96. The molecule has 0 fully saturated rings. The molecule has 0 saturated carbocycles. The Labute approximate surface area is 161 Å². The van der Waals surface area contributed by atoms with Crippen LogP contribution in [0, 0.1) is 0 Å². The van der Waals surface area contributed by atoms with Gasteiger partial charge in [0.15, 0.2) is 0 Å². The summed E-state index contributed by atoms with van der Waals surface area (Å²) in [5.74, 6) is 2.41. The number of benzene rings is 2. The molecule has 0 atom stereocenters.